The number of nitrogens with two attached hydrogens (primary N) is 1. The van der Waals surface area contributed by atoms with Gasteiger partial charge in [0.15, 0.2) is 0 Å². The molecule has 0 atom stereocenters. The van der Waals surface area contributed by atoms with Crippen molar-refractivity contribution in [3.05, 3.63) is 30.3 Å². The summed E-state index contributed by atoms with van der Waals surface area (Å²) in [7, 11) is 0. The molecule has 0 bridgehead atoms. The average Bonchev–Trinajstić information content (AvgIpc) is 2.87. The third-order valence-corrected chi connectivity index (χ3v) is 4.51. The van der Waals surface area contributed by atoms with Crippen molar-refractivity contribution in [2.75, 3.05) is 18.0 Å². The molecule has 0 amide bonds. The largest absolute Gasteiger partial charge is 0.393 e. The minimum atomic E-state index is 0.0567. The first-order valence-corrected chi connectivity index (χ1v) is 7.19. The molecular formula is C15H22N2S. The first-order chi connectivity index (χ1) is 8.68. The monoisotopic (exact) mass is 262 g/mol. The van der Waals surface area contributed by atoms with Crippen molar-refractivity contribution in [3.8, 4) is 0 Å². The summed E-state index contributed by atoms with van der Waals surface area (Å²) < 4.78 is 0. The molecule has 1 aromatic carbocycles. The van der Waals surface area contributed by atoms with Gasteiger partial charge in [-0.2, -0.15) is 0 Å². The van der Waals surface area contributed by atoms with Crippen LogP contribution >= 0.6 is 12.2 Å². The third-order valence-electron chi connectivity index (χ3n) is 4.08. The van der Waals surface area contributed by atoms with Gasteiger partial charge in [-0.1, -0.05) is 43.3 Å². The molecule has 0 unspecified atom stereocenters. The molecule has 1 aliphatic rings. The second kappa shape index (κ2) is 5.70. The molecular weight excluding hydrogens is 240 g/mol. The molecule has 0 saturated heterocycles. The van der Waals surface area contributed by atoms with Gasteiger partial charge in [-0.3, -0.25) is 0 Å². The van der Waals surface area contributed by atoms with Crippen LogP contribution < -0.4 is 10.6 Å². The van der Waals surface area contributed by atoms with E-state index in [4.69, 9.17) is 18.0 Å². The van der Waals surface area contributed by atoms with Gasteiger partial charge in [0.2, 0.25) is 0 Å². The van der Waals surface area contributed by atoms with Gasteiger partial charge in [0.25, 0.3) is 0 Å². The van der Waals surface area contributed by atoms with Gasteiger partial charge < -0.3 is 10.6 Å². The maximum Gasteiger partial charge on any atom is 0.0807 e. The summed E-state index contributed by atoms with van der Waals surface area (Å²) in [5, 5.41) is 0. The van der Waals surface area contributed by atoms with Crippen molar-refractivity contribution < 1.29 is 0 Å². The molecule has 2 rings (SSSR count). The molecule has 1 aromatic rings. The highest BCUT2D eigenvalue weighted by molar-refractivity contribution is 7.80. The highest BCUT2D eigenvalue weighted by Crippen LogP contribution is 2.39. The smallest absolute Gasteiger partial charge is 0.0807 e. The van der Waals surface area contributed by atoms with E-state index in [0.717, 1.165) is 25.9 Å². The molecule has 0 heterocycles. The van der Waals surface area contributed by atoms with Crippen molar-refractivity contribution in [2.24, 2.45) is 11.1 Å². The zero-order valence-electron chi connectivity index (χ0n) is 11.1. The van der Waals surface area contributed by atoms with E-state index in [1.165, 1.54) is 18.5 Å². The zero-order chi connectivity index (χ0) is 13.0. The summed E-state index contributed by atoms with van der Waals surface area (Å²) in [6.07, 6.45) is 4.80. The molecule has 18 heavy (non-hydrogen) atoms. The third kappa shape index (κ3) is 2.66. The van der Waals surface area contributed by atoms with Gasteiger partial charge in [-0.25, -0.2) is 0 Å². The Kier molecular flexibility index (Phi) is 4.23. The van der Waals surface area contributed by atoms with Gasteiger partial charge in [0.05, 0.1) is 4.99 Å². The SMILES string of the molecule is CCN(CC1(C(N)=S)CCCC1)c1ccccc1. The molecule has 1 saturated carbocycles. The fourth-order valence-electron chi connectivity index (χ4n) is 2.92. The van der Waals surface area contributed by atoms with Crippen molar-refractivity contribution in [1.29, 1.82) is 0 Å². The number of anilines is 1. The molecule has 1 fully saturated rings. The number of nitrogens with zero attached hydrogens (tertiary/aromatic N) is 1. The van der Waals surface area contributed by atoms with E-state index in [2.05, 4.69) is 42.2 Å². The van der Waals surface area contributed by atoms with Crippen LogP contribution in [0, 0.1) is 5.41 Å². The quantitative estimate of drug-likeness (QED) is 0.825. The van der Waals surface area contributed by atoms with Crippen LogP contribution in [0.1, 0.15) is 32.6 Å². The van der Waals surface area contributed by atoms with Crippen LogP contribution in [0.15, 0.2) is 30.3 Å². The van der Waals surface area contributed by atoms with Crippen LogP contribution in [0.4, 0.5) is 5.69 Å². The molecule has 2 N–H and O–H groups in total. The van der Waals surface area contributed by atoms with E-state index in [1.807, 2.05) is 0 Å². The Labute approximate surface area is 115 Å². The lowest BCUT2D eigenvalue weighted by molar-refractivity contribution is 0.434. The fourth-order valence-corrected chi connectivity index (χ4v) is 3.19. The molecule has 0 radical (unpaired) electrons. The maximum atomic E-state index is 6.02. The topological polar surface area (TPSA) is 29.3 Å². The minimum Gasteiger partial charge on any atom is -0.393 e. The van der Waals surface area contributed by atoms with Crippen LogP contribution in [-0.4, -0.2) is 18.1 Å². The Morgan fingerprint density at radius 3 is 2.39 bits per heavy atom. The summed E-state index contributed by atoms with van der Waals surface area (Å²) in [6.45, 7) is 4.15. The molecule has 98 valence electrons. The summed E-state index contributed by atoms with van der Waals surface area (Å²) in [5.41, 5.74) is 7.34. The molecule has 0 spiro atoms. The van der Waals surface area contributed by atoms with Crippen LogP contribution in [0.2, 0.25) is 0 Å². The minimum absolute atomic E-state index is 0.0567. The normalized spacial score (nSPS) is 17.6. The Bertz CT molecular complexity index is 396. The maximum absolute atomic E-state index is 6.02. The lowest BCUT2D eigenvalue weighted by Gasteiger charge is -2.35. The molecule has 2 nitrogen and oxygen atoms in total. The number of para-hydroxylation sites is 1. The summed E-state index contributed by atoms with van der Waals surface area (Å²) in [4.78, 5) is 3.10. The van der Waals surface area contributed by atoms with Gasteiger partial charge in [0.1, 0.15) is 0 Å². The average molecular weight is 262 g/mol. The zero-order valence-corrected chi connectivity index (χ0v) is 11.9. The van der Waals surface area contributed by atoms with Gasteiger partial charge in [-0.05, 0) is 31.9 Å². The highest BCUT2D eigenvalue weighted by atomic mass is 32.1. The molecule has 1 aliphatic carbocycles. The Morgan fingerprint density at radius 1 is 1.28 bits per heavy atom. The number of rotatable bonds is 5. The summed E-state index contributed by atoms with van der Waals surface area (Å²) in [5.74, 6) is 0. The van der Waals surface area contributed by atoms with E-state index in [1.54, 1.807) is 0 Å². The Balaban J connectivity index is 2.17. The van der Waals surface area contributed by atoms with Crippen LogP contribution in [0.5, 0.6) is 0 Å². The van der Waals surface area contributed by atoms with E-state index in [9.17, 15) is 0 Å². The van der Waals surface area contributed by atoms with E-state index in [0.29, 0.717) is 4.99 Å². The van der Waals surface area contributed by atoms with Crippen molar-refractivity contribution in [3.63, 3.8) is 0 Å². The van der Waals surface area contributed by atoms with Crippen LogP contribution in [-0.2, 0) is 0 Å². The first kappa shape index (κ1) is 13.3. The van der Waals surface area contributed by atoms with Crippen LogP contribution in [0.25, 0.3) is 0 Å². The van der Waals surface area contributed by atoms with Crippen LogP contribution in [0.3, 0.4) is 0 Å². The predicted octanol–water partition coefficient (Wildman–Crippen LogP) is 3.36. The lowest BCUT2D eigenvalue weighted by Crippen LogP contribution is -2.44. The van der Waals surface area contributed by atoms with Gasteiger partial charge in [0, 0.05) is 24.2 Å². The number of benzene rings is 1. The number of hydrogen-bond acceptors (Lipinski definition) is 2. The van der Waals surface area contributed by atoms with Crippen molar-refractivity contribution in [2.45, 2.75) is 32.6 Å². The second-order valence-corrected chi connectivity index (χ2v) is 5.64. The summed E-state index contributed by atoms with van der Waals surface area (Å²) >= 11 is 5.33. The fraction of sp³-hybridized carbons (Fsp3) is 0.533. The van der Waals surface area contributed by atoms with Crippen molar-refractivity contribution >= 4 is 22.9 Å². The standard InChI is InChI=1S/C15H22N2S/c1-2-17(13-8-4-3-5-9-13)12-15(14(16)18)10-6-7-11-15/h3-5,8-9H,2,6-7,10-12H2,1H3,(H2,16,18). The van der Waals surface area contributed by atoms with E-state index >= 15 is 0 Å². The Hall–Kier alpha value is -1.09. The summed E-state index contributed by atoms with van der Waals surface area (Å²) in [6, 6.07) is 10.5. The lowest BCUT2D eigenvalue weighted by atomic mass is 9.85. The molecule has 0 aromatic heterocycles. The van der Waals surface area contributed by atoms with Crippen molar-refractivity contribution in [1.82, 2.24) is 0 Å². The second-order valence-electron chi connectivity index (χ2n) is 5.20. The number of hydrogen-bond donors (Lipinski definition) is 1. The predicted molar refractivity (Wildman–Crippen MR) is 82.0 cm³/mol. The number of thiocarbonyl (C=S) groups is 1. The van der Waals surface area contributed by atoms with Gasteiger partial charge in [-0.15, -0.1) is 0 Å². The van der Waals surface area contributed by atoms with E-state index < -0.39 is 0 Å². The van der Waals surface area contributed by atoms with Gasteiger partial charge >= 0.3 is 0 Å². The Morgan fingerprint density at radius 2 is 1.89 bits per heavy atom. The molecule has 0 aliphatic heterocycles. The van der Waals surface area contributed by atoms with E-state index in [-0.39, 0.29) is 5.41 Å². The molecule has 3 heteroatoms. The highest BCUT2D eigenvalue weighted by Gasteiger charge is 2.38. The first-order valence-electron chi connectivity index (χ1n) is 6.78.